The van der Waals surface area contributed by atoms with Crippen LogP contribution < -0.4 is 0 Å². The van der Waals surface area contributed by atoms with Crippen molar-refractivity contribution in [1.82, 2.24) is 0 Å². The first-order chi connectivity index (χ1) is 7.86. The van der Waals surface area contributed by atoms with Crippen LogP contribution in [0.2, 0.25) is 0 Å². The number of hydrogen-bond acceptors (Lipinski definition) is 4. The van der Waals surface area contributed by atoms with Crippen molar-refractivity contribution in [3.05, 3.63) is 12.7 Å². The van der Waals surface area contributed by atoms with E-state index in [2.05, 4.69) is 6.58 Å². The highest BCUT2D eigenvalue weighted by Gasteiger charge is 2.24. The minimum Gasteiger partial charge on any atom is -0.376 e. The summed E-state index contributed by atoms with van der Waals surface area (Å²) in [6.07, 6.45) is 1.91. The van der Waals surface area contributed by atoms with Crippen molar-refractivity contribution in [3.63, 3.8) is 0 Å². The second-order valence-electron chi connectivity index (χ2n) is 3.50. The second kappa shape index (κ2) is 8.96. The number of epoxide rings is 1. The Labute approximate surface area is 101 Å². The fourth-order valence-corrected chi connectivity index (χ4v) is 1.22. The Bertz CT molecular complexity index is 185. The molecule has 1 fully saturated rings. The molecular weight excluding hydrogens is 232 g/mol. The van der Waals surface area contributed by atoms with Crippen LogP contribution in [0.1, 0.15) is 0 Å². The van der Waals surface area contributed by atoms with E-state index in [1.165, 1.54) is 0 Å². The summed E-state index contributed by atoms with van der Waals surface area (Å²) in [6.45, 7) is 7.11. The minimum atomic E-state index is -0.0646. The third kappa shape index (κ3) is 7.19. The van der Waals surface area contributed by atoms with Gasteiger partial charge in [-0.3, -0.25) is 0 Å². The van der Waals surface area contributed by atoms with Crippen LogP contribution in [0, 0.1) is 0 Å². The monoisotopic (exact) mass is 250 g/mol. The van der Waals surface area contributed by atoms with E-state index in [4.69, 9.17) is 30.5 Å². The zero-order chi connectivity index (χ0) is 11.6. The maximum absolute atomic E-state index is 5.74. The van der Waals surface area contributed by atoms with Crippen molar-refractivity contribution in [3.8, 4) is 0 Å². The van der Waals surface area contributed by atoms with Crippen LogP contribution in [0.25, 0.3) is 0 Å². The van der Waals surface area contributed by atoms with Crippen molar-refractivity contribution in [2.24, 2.45) is 0 Å². The molecule has 0 amide bonds. The Hall–Kier alpha value is -0.130. The van der Waals surface area contributed by atoms with Crippen molar-refractivity contribution in [2.75, 3.05) is 45.5 Å². The third-order valence-corrected chi connectivity index (χ3v) is 2.35. The van der Waals surface area contributed by atoms with Gasteiger partial charge in [-0.1, -0.05) is 6.08 Å². The zero-order valence-electron chi connectivity index (χ0n) is 9.40. The molecule has 0 N–H and O–H groups in total. The lowest BCUT2D eigenvalue weighted by atomic mass is 10.4. The van der Waals surface area contributed by atoms with E-state index in [1.807, 2.05) is 0 Å². The molecule has 0 aromatic heterocycles. The summed E-state index contributed by atoms with van der Waals surface area (Å²) >= 11 is 5.74. The summed E-state index contributed by atoms with van der Waals surface area (Å²) < 4.78 is 21.1. The Kier molecular flexibility index (Phi) is 7.80. The van der Waals surface area contributed by atoms with Gasteiger partial charge >= 0.3 is 0 Å². The topological polar surface area (TPSA) is 40.2 Å². The van der Waals surface area contributed by atoms with E-state index in [1.54, 1.807) is 6.08 Å². The van der Waals surface area contributed by atoms with Gasteiger partial charge in [0.25, 0.3) is 0 Å². The first kappa shape index (κ1) is 13.9. The molecule has 5 heteroatoms. The summed E-state index contributed by atoms with van der Waals surface area (Å²) in [7, 11) is 0. The number of ether oxygens (including phenoxy) is 4. The molecule has 16 heavy (non-hydrogen) atoms. The van der Waals surface area contributed by atoms with Gasteiger partial charge < -0.3 is 18.9 Å². The highest BCUT2D eigenvalue weighted by Crippen LogP contribution is 2.10. The lowest BCUT2D eigenvalue weighted by molar-refractivity contribution is -0.0232. The van der Waals surface area contributed by atoms with Gasteiger partial charge in [-0.05, 0) is 0 Å². The van der Waals surface area contributed by atoms with Crippen LogP contribution in [-0.4, -0.2) is 57.7 Å². The largest absolute Gasteiger partial charge is 0.376 e. The molecule has 0 aliphatic carbocycles. The molecule has 1 heterocycles. The van der Waals surface area contributed by atoms with Crippen LogP contribution in [0.3, 0.4) is 0 Å². The first-order valence-corrected chi connectivity index (χ1v) is 5.95. The predicted molar refractivity (Wildman–Crippen MR) is 62.0 cm³/mol. The van der Waals surface area contributed by atoms with Crippen molar-refractivity contribution in [2.45, 2.75) is 12.2 Å². The molecule has 4 nitrogen and oxygen atoms in total. The van der Waals surface area contributed by atoms with Crippen molar-refractivity contribution < 1.29 is 18.9 Å². The van der Waals surface area contributed by atoms with Crippen molar-refractivity contribution >= 4 is 11.6 Å². The number of halogens is 1. The Morgan fingerprint density at radius 3 is 2.81 bits per heavy atom. The molecule has 0 radical (unpaired) electrons. The fraction of sp³-hybridized carbons (Fsp3) is 0.818. The Morgan fingerprint density at radius 2 is 2.19 bits per heavy atom. The quantitative estimate of drug-likeness (QED) is 0.239. The van der Waals surface area contributed by atoms with Gasteiger partial charge in [-0.15, -0.1) is 18.2 Å². The molecule has 1 saturated heterocycles. The van der Waals surface area contributed by atoms with E-state index in [0.717, 1.165) is 6.61 Å². The lowest BCUT2D eigenvalue weighted by Crippen LogP contribution is -2.24. The summed E-state index contributed by atoms with van der Waals surface area (Å²) in [5, 5.41) is 0. The first-order valence-electron chi connectivity index (χ1n) is 5.42. The molecule has 0 aromatic rings. The van der Waals surface area contributed by atoms with Gasteiger partial charge in [0.15, 0.2) is 0 Å². The highest BCUT2D eigenvalue weighted by molar-refractivity contribution is 6.18. The average molecular weight is 251 g/mol. The molecule has 1 aliphatic rings. The SMILES string of the molecule is C=CCOCCOCC(CCl)OCC1CO1. The molecule has 94 valence electrons. The van der Waals surface area contributed by atoms with Crippen LogP contribution >= 0.6 is 11.6 Å². The van der Waals surface area contributed by atoms with Gasteiger partial charge in [0.05, 0.1) is 51.6 Å². The van der Waals surface area contributed by atoms with E-state index >= 15 is 0 Å². The molecule has 2 unspecified atom stereocenters. The van der Waals surface area contributed by atoms with E-state index in [9.17, 15) is 0 Å². The molecule has 0 aromatic carbocycles. The highest BCUT2D eigenvalue weighted by atomic mass is 35.5. The second-order valence-corrected chi connectivity index (χ2v) is 3.81. The van der Waals surface area contributed by atoms with Gasteiger partial charge in [0.1, 0.15) is 6.10 Å². The Morgan fingerprint density at radius 1 is 1.44 bits per heavy atom. The fourth-order valence-electron chi connectivity index (χ4n) is 1.04. The van der Waals surface area contributed by atoms with Gasteiger partial charge in [0, 0.05) is 0 Å². The standard InChI is InChI=1S/C11H19ClO4/c1-2-3-13-4-5-14-7-10(6-12)15-8-11-9-16-11/h2,10-11H,1,3-9H2. The van der Waals surface area contributed by atoms with E-state index in [0.29, 0.717) is 38.9 Å². The van der Waals surface area contributed by atoms with Gasteiger partial charge in [0.2, 0.25) is 0 Å². The summed E-state index contributed by atoms with van der Waals surface area (Å²) in [6, 6.07) is 0. The van der Waals surface area contributed by atoms with Crippen LogP contribution in [-0.2, 0) is 18.9 Å². The lowest BCUT2D eigenvalue weighted by Gasteiger charge is -2.14. The van der Waals surface area contributed by atoms with Crippen molar-refractivity contribution in [1.29, 1.82) is 0 Å². The molecular formula is C11H19ClO4. The maximum atomic E-state index is 5.74. The molecule has 2 atom stereocenters. The zero-order valence-corrected chi connectivity index (χ0v) is 10.2. The maximum Gasteiger partial charge on any atom is 0.104 e. The minimum absolute atomic E-state index is 0.0646. The van der Waals surface area contributed by atoms with Gasteiger partial charge in [-0.2, -0.15) is 0 Å². The number of alkyl halides is 1. The third-order valence-electron chi connectivity index (χ3n) is 2.00. The Balaban J connectivity index is 1.88. The number of hydrogen-bond donors (Lipinski definition) is 0. The molecule has 0 saturated carbocycles. The molecule has 0 bridgehead atoms. The summed E-state index contributed by atoms with van der Waals surface area (Å²) in [4.78, 5) is 0. The average Bonchev–Trinajstić information content (AvgIpc) is 3.11. The molecule has 1 rings (SSSR count). The van der Waals surface area contributed by atoms with Gasteiger partial charge in [-0.25, -0.2) is 0 Å². The van der Waals surface area contributed by atoms with Crippen LogP contribution in [0.4, 0.5) is 0 Å². The molecule has 1 aliphatic heterocycles. The summed E-state index contributed by atoms with van der Waals surface area (Å²) in [5.74, 6) is 0.431. The predicted octanol–water partition coefficient (Wildman–Crippen LogP) is 1.23. The number of rotatable bonds is 11. The van der Waals surface area contributed by atoms with E-state index in [-0.39, 0.29) is 12.2 Å². The smallest absolute Gasteiger partial charge is 0.104 e. The summed E-state index contributed by atoms with van der Waals surface area (Å²) in [5.41, 5.74) is 0. The van der Waals surface area contributed by atoms with Crippen LogP contribution in [0.5, 0.6) is 0 Å². The normalized spacial score (nSPS) is 20.7. The van der Waals surface area contributed by atoms with Crippen LogP contribution in [0.15, 0.2) is 12.7 Å². The molecule has 0 spiro atoms. The van der Waals surface area contributed by atoms with E-state index < -0.39 is 0 Å².